The maximum atomic E-state index is 12.7. The van der Waals surface area contributed by atoms with Crippen LogP contribution in [0.2, 0.25) is 0 Å². The zero-order valence-corrected chi connectivity index (χ0v) is 16.7. The van der Waals surface area contributed by atoms with Crippen molar-refractivity contribution in [3.05, 3.63) is 56.7 Å². The summed E-state index contributed by atoms with van der Waals surface area (Å²) in [5.41, 5.74) is 2.82. The molecule has 1 aromatic carbocycles. The number of aromatic nitrogens is 1. The number of carboxylic acid groups (broad SMARTS) is 1. The average Bonchev–Trinajstić information content (AvgIpc) is 3.39. The van der Waals surface area contributed by atoms with E-state index >= 15 is 0 Å². The molecular weight excluding hydrogens is 372 g/mol. The number of fused-ring (bicyclic) bond motifs is 2. The first kappa shape index (κ1) is 17.6. The molecule has 2 N–H and O–H groups in total. The number of hydrogen-bond acceptors (Lipinski definition) is 4. The van der Waals surface area contributed by atoms with E-state index in [-0.39, 0.29) is 17.0 Å². The molecular formula is C22H22N2O3S. The van der Waals surface area contributed by atoms with Gasteiger partial charge in [0.05, 0.1) is 5.52 Å². The molecule has 0 radical (unpaired) electrons. The minimum absolute atomic E-state index is 0.111. The van der Waals surface area contributed by atoms with Crippen LogP contribution >= 0.6 is 11.3 Å². The summed E-state index contributed by atoms with van der Waals surface area (Å²) in [5, 5.41) is 13.4. The van der Waals surface area contributed by atoms with Crippen LogP contribution in [0, 0.1) is 0 Å². The molecule has 0 atom stereocenters. The molecule has 3 heterocycles. The molecule has 3 aromatic rings. The fraction of sp³-hybridized carbons (Fsp3) is 0.364. The first-order valence-electron chi connectivity index (χ1n) is 9.61. The molecule has 0 amide bonds. The SMILES string of the molecule is CC1(C)CNCc2cc(-c3ccc4c(=O)c(C(=O)O)cn(C5CC5)c4c3)sc21. The van der Waals surface area contributed by atoms with Crippen LogP contribution in [0.25, 0.3) is 21.3 Å². The Bertz CT molecular complexity index is 1180. The van der Waals surface area contributed by atoms with Gasteiger partial charge in [-0.25, -0.2) is 4.79 Å². The van der Waals surface area contributed by atoms with E-state index in [0.29, 0.717) is 5.39 Å². The van der Waals surface area contributed by atoms with Gasteiger partial charge in [0.25, 0.3) is 0 Å². The lowest BCUT2D eigenvalue weighted by atomic mass is 9.86. The van der Waals surface area contributed by atoms with Crippen molar-refractivity contribution in [2.45, 2.75) is 44.7 Å². The second kappa shape index (κ2) is 6.03. The Morgan fingerprint density at radius 1 is 1.29 bits per heavy atom. The molecule has 144 valence electrons. The van der Waals surface area contributed by atoms with E-state index < -0.39 is 11.4 Å². The maximum absolute atomic E-state index is 12.7. The van der Waals surface area contributed by atoms with E-state index in [1.165, 1.54) is 21.5 Å². The van der Waals surface area contributed by atoms with Crippen LogP contribution in [0.3, 0.4) is 0 Å². The highest BCUT2D eigenvalue weighted by atomic mass is 32.1. The zero-order chi connectivity index (χ0) is 19.6. The minimum atomic E-state index is -1.16. The van der Waals surface area contributed by atoms with Crippen LogP contribution in [-0.2, 0) is 12.0 Å². The topological polar surface area (TPSA) is 71.3 Å². The second-order valence-electron chi connectivity index (χ2n) is 8.50. The van der Waals surface area contributed by atoms with Crippen molar-refractivity contribution in [1.29, 1.82) is 0 Å². The maximum Gasteiger partial charge on any atom is 0.341 e. The summed E-state index contributed by atoms with van der Waals surface area (Å²) in [5.74, 6) is -1.16. The van der Waals surface area contributed by atoms with Crippen molar-refractivity contribution in [3.63, 3.8) is 0 Å². The summed E-state index contributed by atoms with van der Waals surface area (Å²) in [7, 11) is 0. The van der Waals surface area contributed by atoms with Crippen molar-refractivity contribution < 1.29 is 9.90 Å². The average molecular weight is 394 g/mol. The lowest BCUT2D eigenvalue weighted by molar-refractivity contribution is 0.0695. The van der Waals surface area contributed by atoms with Crippen molar-refractivity contribution in [2.24, 2.45) is 0 Å². The van der Waals surface area contributed by atoms with Crippen LogP contribution in [-0.4, -0.2) is 22.2 Å². The lowest BCUT2D eigenvalue weighted by Gasteiger charge is -2.30. The predicted octanol–water partition coefficient (Wildman–Crippen LogP) is 4.14. The summed E-state index contributed by atoms with van der Waals surface area (Å²) < 4.78 is 1.99. The third-order valence-corrected chi connectivity index (χ3v) is 7.39. The molecule has 1 aliphatic carbocycles. The highest BCUT2D eigenvalue weighted by Crippen LogP contribution is 2.42. The van der Waals surface area contributed by atoms with Gasteiger partial charge in [-0.2, -0.15) is 0 Å². The second-order valence-corrected chi connectivity index (χ2v) is 9.55. The molecule has 0 unspecified atom stereocenters. The Labute approximate surface area is 166 Å². The molecule has 5 rings (SSSR count). The number of nitrogens with one attached hydrogen (secondary N) is 1. The molecule has 28 heavy (non-hydrogen) atoms. The van der Waals surface area contributed by atoms with Gasteiger partial charge >= 0.3 is 5.97 Å². The number of thiophene rings is 1. The van der Waals surface area contributed by atoms with E-state index in [9.17, 15) is 14.7 Å². The molecule has 0 spiro atoms. The van der Waals surface area contributed by atoms with Crippen LogP contribution in [0.4, 0.5) is 0 Å². The van der Waals surface area contributed by atoms with Gasteiger partial charge in [-0.05, 0) is 42.2 Å². The van der Waals surface area contributed by atoms with E-state index in [1.54, 1.807) is 6.07 Å². The van der Waals surface area contributed by atoms with Crippen LogP contribution in [0.15, 0.2) is 35.3 Å². The highest BCUT2D eigenvalue weighted by molar-refractivity contribution is 7.15. The van der Waals surface area contributed by atoms with Gasteiger partial charge < -0.3 is 15.0 Å². The molecule has 5 nitrogen and oxygen atoms in total. The van der Waals surface area contributed by atoms with Crippen molar-refractivity contribution >= 4 is 28.2 Å². The third-order valence-electron chi connectivity index (χ3n) is 5.79. The number of hydrogen-bond donors (Lipinski definition) is 2. The number of aromatic carboxylic acids is 1. The molecule has 6 heteroatoms. The van der Waals surface area contributed by atoms with Crippen molar-refractivity contribution in [2.75, 3.05) is 6.54 Å². The van der Waals surface area contributed by atoms with Crippen LogP contribution in [0.5, 0.6) is 0 Å². The minimum Gasteiger partial charge on any atom is -0.477 e. The van der Waals surface area contributed by atoms with Gasteiger partial charge in [0, 0.05) is 45.9 Å². The highest BCUT2D eigenvalue weighted by Gasteiger charge is 2.30. The standard InChI is InChI=1S/C22H22N2O3S/c1-22(2)11-23-9-13-8-18(28-20(13)22)12-3-6-15-17(7-12)24(14-4-5-14)10-16(19(15)25)21(26)27/h3,6-8,10,14,23H,4-5,9,11H2,1-2H3,(H,26,27). The first-order valence-corrected chi connectivity index (χ1v) is 10.4. The largest absolute Gasteiger partial charge is 0.477 e. The summed E-state index contributed by atoms with van der Waals surface area (Å²) in [4.78, 5) is 26.8. The molecule has 2 aliphatic rings. The number of carboxylic acids is 1. The zero-order valence-electron chi connectivity index (χ0n) is 15.9. The molecule has 2 aromatic heterocycles. The Morgan fingerprint density at radius 3 is 2.75 bits per heavy atom. The monoisotopic (exact) mass is 394 g/mol. The van der Waals surface area contributed by atoms with E-state index in [0.717, 1.165) is 37.0 Å². The van der Waals surface area contributed by atoms with Gasteiger partial charge in [-0.3, -0.25) is 4.79 Å². The van der Waals surface area contributed by atoms with Crippen LogP contribution in [0.1, 0.15) is 53.5 Å². The van der Waals surface area contributed by atoms with Gasteiger partial charge in [0.2, 0.25) is 5.43 Å². The van der Waals surface area contributed by atoms with Crippen molar-refractivity contribution in [1.82, 2.24) is 9.88 Å². The van der Waals surface area contributed by atoms with Gasteiger partial charge in [0.1, 0.15) is 5.56 Å². The number of rotatable bonds is 3. The lowest BCUT2D eigenvalue weighted by Crippen LogP contribution is -2.37. The Balaban J connectivity index is 1.70. The van der Waals surface area contributed by atoms with Gasteiger partial charge in [-0.1, -0.05) is 19.9 Å². The summed E-state index contributed by atoms with van der Waals surface area (Å²) in [6.07, 6.45) is 3.57. The molecule has 1 aliphatic heterocycles. The normalized spacial score (nSPS) is 18.2. The summed E-state index contributed by atoms with van der Waals surface area (Å²) in [6, 6.07) is 8.33. The quantitative estimate of drug-likeness (QED) is 0.700. The Morgan fingerprint density at radius 2 is 2.07 bits per heavy atom. The number of pyridine rings is 1. The third kappa shape index (κ3) is 2.71. The fourth-order valence-corrected chi connectivity index (χ4v) is 5.45. The van der Waals surface area contributed by atoms with E-state index in [4.69, 9.17) is 0 Å². The number of carbonyl (C=O) groups is 1. The molecule has 1 fully saturated rings. The molecule has 0 bridgehead atoms. The van der Waals surface area contributed by atoms with E-state index in [1.807, 2.05) is 22.0 Å². The van der Waals surface area contributed by atoms with Gasteiger partial charge in [-0.15, -0.1) is 11.3 Å². The number of nitrogens with zero attached hydrogens (tertiary/aromatic N) is 1. The predicted molar refractivity (Wildman–Crippen MR) is 111 cm³/mol. The molecule has 1 saturated carbocycles. The molecule has 0 saturated heterocycles. The van der Waals surface area contributed by atoms with Crippen molar-refractivity contribution in [3.8, 4) is 10.4 Å². The summed E-state index contributed by atoms with van der Waals surface area (Å²) >= 11 is 1.82. The summed E-state index contributed by atoms with van der Waals surface area (Å²) in [6.45, 7) is 6.38. The Hall–Kier alpha value is -2.44. The van der Waals surface area contributed by atoms with E-state index in [2.05, 4.69) is 31.3 Å². The smallest absolute Gasteiger partial charge is 0.341 e. The number of benzene rings is 1. The van der Waals surface area contributed by atoms with Crippen LogP contribution < -0.4 is 10.7 Å². The van der Waals surface area contributed by atoms with Gasteiger partial charge in [0.15, 0.2) is 0 Å². The first-order chi connectivity index (χ1) is 13.3. The Kier molecular flexibility index (Phi) is 3.80. The fourth-order valence-electron chi connectivity index (χ4n) is 4.18.